The topological polar surface area (TPSA) is 53.1 Å². The van der Waals surface area contributed by atoms with E-state index in [9.17, 15) is 0 Å². The number of nitrogens with one attached hydrogen (secondary N) is 2. The van der Waals surface area contributed by atoms with Crippen molar-refractivity contribution in [3.8, 4) is 0 Å². The molecule has 1 aromatic heterocycles. The molecule has 1 aliphatic heterocycles. The van der Waals surface area contributed by atoms with Crippen LogP contribution in [0.2, 0.25) is 0 Å². The minimum Gasteiger partial charge on any atom is -0.357 e. The number of anilines is 2. The molecule has 1 saturated heterocycles. The van der Waals surface area contributed by atoms with Crippen molar-refractivity contribution in [1.29, 1.82) is 0 Å². The van der Waals surface area contributed by atoms with E-state index in [2.05, 4.69) is 25.5 Å². The van der Waals surface area contributed by atoms with E-state index >= 15 is 0 Å². The summed E-state index contributed by atoms with van der Waals surface area (Å²) < 4.78 is 0. The number of nitrogens with zero attached hydrogens (tertiary/aromatic N) is 3. The molecule has 0 amide bonds. The zero-order chi connectivity index (χ0) is 10.7. The van der Waals surface area contributed by atoms with Crippen molar-refractivity contribution in [2.24, 2.45) is 0 Å². The van der Waals surface area contributed by atoms with E-state index in [0.29, 0.717) is 12.0 Å². The Hall–Kier alpha value is -1.36. The fourth-order valence-corrected chi connectivity index (χ4v) is 1.85. The Balaban J connectivity index is 2.09. The summed E-state index contributed by atoms with van der Waals surface area (Å²) in [5.41, 5.74) is 0. The smallest absolute Gasteiger partial charge is 0.224 e. The number of hydrogen-bond acceptors (Lipinski definition) is 5. The first-order valence-electron chi connectivity index (χ1n) is 5.26. The predicted molar refractivity (Wildman–Crippen MR) is 61.3 cm³/mol. The quantitative estimate of drug-likeness (QED) is 0.747. The molecule has 1 aromatic rings. The van der Waals surface area contributed by atoms with Gasteiger partial charge >= 0.3 is 0 Å². The third-order valence-corrected chi connectivity index (χ3v) is 2.78. The highest BCUT2D eigenvalue weighted by molar-refractivity contribution is 5.43. The van der Waals surface area contributed by atoms with Gasteiger partial charge in [-0.3, -0.25) is 0 Å². The van der Waals surface area contributed by atoms with Crippen molar-refractivity contribution < 1.29 is 0 Å². The van der Waals surface area contributed by atoms with Crippen LogP contribution in [0.25, 0.3) is 0 Å². The van der Waals surface area contributed by atoms with Gasteiger partial charge in [0.05, 0.1) is 0 Å². The molecule has 2 N–H and O–H groups in total. The van der Waals surface area contributed by atoms with Gasteiger partial charge < -0.3 is 15.5 Å². The second-order valence-corrected chi connectivity index (χ2v) is 3.71. The third kappa shape index (κ3) is 2.18. The lowest BCUT2D eigenvalue weighted by molar-refractivity contribution is 0.616. The SMILES string of the molecule is CNc1nccc(N2CCC(NC)C2)n1. The van der Waals surface area contributed by atoms with Gasteiger partial charge in [0.15, 0.2) is 0 Å². The van der Waals surface area contributed by atoms with Crippen LogP contribution in [0.4, 0.5) is 11.8 Å². The molecule has 2 rings (SSSR count). The molecular weight excluding hydrogens is 190 g/mol. The Bertz CT molecular complexity index is 327. The summed E-state index contributed by atoms with van der Waals surface area (Å²) in [4.78, 5) is 10.8. The zero-order valence-corrected chi connectivity index (χ0v) is 9.20. The molecule has 0 aliphatic carbocycles. The second kappa shape index (κ2) is 4.44. The normalized spacial score (nSPS) is 20.7. The van der Waals surface area contributed by atoms with Gasteiger partial charge in [0, 0.05) is 32.4 Å². The standard InChI is InChI=1S/C10H17N5/c1-11-8-4-6-15(7-8)9-3-5-13-10(12-2)14-9/h3,5,8,11H,4,6-7H2,1-2H3,(H,12,13,14). The second-order valence-electron chi connectivity index (χ2n) is 3.71. The van der Waals surface area contributed by atoms with Gasteiger partial charge in [-0.15, -0.1) is 0 Å². The van der Waals surface area contributed by atoms with E-state index < -0.39 is 0 Å². The Morgan fingerprint density at radius 3 is 3.00 bits per heavy atom. The molecule has 0 saturated carbocycles. The summed E-state index contributed by atoms with van der Waals surface area (Å²) >= 11 is 0. The van der Waals surface area contributed by atoms with Crippen LogP contribution < -0.4 is 15.5 Å². The van der Waals surface area contributed by atoms with Crippen LogP contribution in [0, 0.1) is 0 Å². The summed E-state index contributed by atoms with van der Waals surface area (Å²) in [7, 11) is 3.84. The lowest BCUT2D eigenvalue weighted by Gasteiger charge is -2.17. The lowest BCUT2D eigenvalue weighted by atomic mass is 10.3. The van der Waals surface area contributed by atoms with Crippen LogP contribution in [0.1, 0.15) is 6.42 Å². The molecule has 5 heteroatoms. The maximum absolute atomic E-state index is 4.42. The van der Waals surface area contributed by atoms with Gasteiger partial charge in [0.25, 0.3) is 0 Å². The largest absolute Gasteiger partial charge is 0.357 e. The van der Waals surface area contributed by atoms with Crippen molar-refractivity contribution in [3.05, 3.63) is 12.3 Å². The molecule has 0 bridgehead atoms. The first-order valence-corrected chi connectivity index (χ1v) is 5.26. The highest BCUT2D eigenvalue weighted by atomic mass is 15.3. The van der Waals surface area contributed by atoms with Crippen molar-refractivity contribution in [1.82, 2.24) is 15.3 Å². The van der Waals surface area contributed by atoms with Crippen LogP contribution in [0.5, 0.6) is 0 Å². The summed E-state index contributed by atoms with van der Waals surface area (Å²) in [5.74, 6) is 1.69. The Kier molecular flexibility index (Phi) is 3.01. The van der Waals surface area contributed by atoms with Crippen LogP contribution >= 0.6 is 0 Å². The molecule has 0 spiro atoms. The van der Waals surface area contributed by atoms with Gasteiger partial charge in [0.2, 0.25) is 5.95 Å². The predicted octanol–water partition coefficient (Wildman–Crippen LogP) is 0.316. The van der Waals surface area contributed by atoms with Gasteiger partial charge in [0.1, 0.15) is 5.82 Å². The Morgan fingerprint density at radius 2 is 2.33 bits per heavy atom. The summed E-state index contributed by atoms with van der Waals surface area (Å²) in [6.07, 6.45) is 2.97. The van der Waals surface area contributed by atoms with Gasteiger partial charge in [-0.2, -0.15) is 4.98 Å². The monoisotopic (exact) mass is 207 g/mol. The highest BCUT2D eigenvalue weighted by Crippen LogP contribution is 2.18. The molecule has 0 aromatic carbocycles. The zero-order valence-electron chi connectivity index (χ0n) is 9.20. The average molecular weight is 207 g/mol. The van der Waals surface area contributed by atoms with Gasteiger partial charge in [-0.25, -0.2) is 4.98 Å². The van der Waals surface area contributed by atoms with E-state index in [-0.39, 0.29) is 0 Å². The number of likely N-dealkylation sites (N-methyl/N-ethyl adjacent to an activating group) is 1. The fourth-order valence-electron chi connectivity index (χ4n) is 1.85. The Morgan fingerprint density at radius 1 is 1.47 bits per heavy atom. The number of aromatic nitrogens is 2. The number of hydrogen-bond donors (Lipinski definition) is 2. The summed E-state index contributed by atoms with van der Waals surface area (Å²) in [6, 6.07) is 2.54. The van der Waals surface area contributed by atoms with E-state index in [1.807, 2.05) is 20.2 Å². The number of rotatable bonds is 3. The molecule has 15 heavy (non-hydrogen) atoms. The van der Waals surface area contributed by atoms with Crippen LogP contribution in [-0.4, -0.2) is 43.2 Å². The maximum atomic E-state index is 4.42. The first kappa shape index (κ1) is 10.2. The highest BCUT2D eigenvalue weighted by Gasteiger charge is 2.21. The minimum atomic E-state index is 0.581. The van der Waals surface area contributed by atoms with Gasteiger partial charge in [-0.05, 0) is 19.5 Å². The molecule has 5 nitrogen and oxygen atoms in total. The van der Waals surface area contributed by atoms with Crippen LogP contribution in [0.15, 0.2) is 12.3 Å². The maximum Gasteiger partial charge on any atom is 0.224 e. The summed E-state index contributed by atoms with van der Waals surface area (Å²) in [5, 5.41) is 6.24. The molecule has 1 atom stereocenters. The van der Waals surface area contributed by atoms with Crippen molar-refractivity contribution in [2.75, 3.05) is 37.4 Å². The molecule has 1 unspecified atom stereocenters. The fraction of sp³-hybridized carbons (Fsp3) is 0.600. The van der Waals surface area contributed by atoms with Crippen molar-refractivity contribution in [3.63, 3.8) is 0 Å². The lowest BCUT2D eigenvalue weighted by Crippen LogP contribution is -2.29. The first-order chi connectivity index (χ1) is 7.33. The molecule has 2 heterocycles. The van der Waals surface area contributed by atoms with E-state index in [1.165, 1.54) is 6.42 Å². The van der Waals surface area contributed by atoms with Gasteiger partial charge in [-0.1, -0.05) is 0 Å². The van der Waals surface area contributed by atoms with E-state index in [4.69, 9.17) is 0 Å². The molecule has 82 valence electrons. The summed E-state index contributed by atoms with van der Waals surface area (Å²) in [6.45, 7) is 2.09. The molecule has 1 fully saturated rings. The molecular formula is C10H17N5. The third-order valence-electron chi connectivity index (χ3n) is 2.78. The van der Waals surface area contributed by atoms with E-state index in [0.717, 1.165) is 18.9 Å². The Labute approximate surface area is 89.9 Å². The van der Waals surface area contributed by atoms with Crippen LogP contribution in [-0.2, 0) is 0 Å². The van der Waals surface area contributed by atoms with E-state index in [1.54, 1.807) is 6.20 Å². The van der Waals surface area contributed by atoms with Crippen molar-refractivity contribution >= 4 is 11.8 Å². The molecule has 0 radical (unpaired) electrons. The average Bonchev–Trinajstić information content (AvgIpc) is 2.78. The van der Waals surface area contributed by atoms with Crippen LogP contribution in [0.3, 0.4) is 0 Å². The molecule has 1 aliphatic rings. The van der Waals surface area contributed by atoms with Crippen molar-refractivity contribution in [2.45, 2.75) is 12.5 Å². The minimum absolute atomic E-state index is 0.581.